The zero-order valence-corrected chi connectivity index (χ0v) is 20.0. The molecule has 1 atom stereocenters. The van der Waals surface area contributed by atoms with Gasteiger partial charge in [-0.05, 0) is 71.4 Å². The predicted octanol–water partition coefficient (Wildman–Crippen LogP) is 5.82. The summed E-state index contributed by atoms with van der Waals surface area (Å²) in [5.41, 5.74) is 0. The predicted molar refractivity (Wildman–Crippen MR) is 99.1 cm³/mol. The molecule has 0 aromatic heterocycles. The van der Waals surface area contributed by atoms with E-state index in [0.717, 1.165) is 0 Å². The van der Waals surface area contributed by atoms with Crippen LogP contribution in [0.2, 0.25) is 65.0 Å². The Labute approximate surface area is 143 Å². The summed E-state index contributed by atoms with van der Waals surface area (Å²) in [6, 6.07) is 0.349. The molecule has 0 radical (unpaired) electrons. The molecule has 23 heavy (non-hydrogen) atoms. The van der Waals surface area contributed by atoms with Gasteiger partial charge in [-0.2, -0.15) is 13.2 Å². The molecule has 0 aliphatic rings. The second-order valence-corrected chi connectivity index (χ2v) is 25.0. The average Bonchev–Trinajstić information content (AvgIpc) is 2.03. The van der Waals surface area contributed by atoms with Crippen LogP contribution in [0.3, 0.4) is 0 Å². The SMILES string of the molecule is C[Si](C)(C)O[Si](C)(C)O[Si](C)(CCCC(F)(F)F)O[Si](C)(C)C. The summed E-state index contributed by atoms with van der Waals surface area (Å²) in [6.07, 6.45) is -4.87. The molecule has 10 heteroatoms. The third-order valence-electron chi connectivity index (χ3n) is 2.63. The first-order valence-corrected chi connectivity index (χ1v) is 20.2. The standard InChI is InChI=1S/C13H33F3O3Si4/c1-20(2,3)17-22(7,8)19-23(9,18-21(4,5)6)12-10-11-13(14,15)16/h10-12H2,1-9H3. The van der Waals surface area contributed by atoms with Crippen molar-refractivity contribution in [1.82, 2.24) is 0 Å². The molecule has 0 aliphatic carbocycles. The summed E-state index contributed by atoms with van der Waals surface area (Å²) in [4.78, 5) is 0. The van der Waals surface area contributed by atoms with Gasteiger partial charge in [0, 0.05) is 6.42 Å². The van der Waals surface area contributed by atoms with Gasteiger partial charge in [-0.1, -0.05) is 0 Å². The molecule has 0 N–H and O–H groups in total. The van der Waals surface area contributed by atoms with E-state index in [1.807, 2.05) is 39.3 Å². The minimum atomic E-state index is -4.13. The van der Waals surface area contributed by atoms with E-state index in [9.17, 15) is 13.2 Å². The van der Waals surface area contributed by atoms with Gasteiger partial charge >= 0.3 is 23.3 Å². The molecule has 0 heterocycles. The maximum atomic E-state index is 12.5. The van der Waals surface area contributed by atoms with Gasteiger partial charge in [-0.15, -0.1) is 0 Å². The fourth-order valence-electron chi connectivity index (χ4n) is 2.66. The second kappa shape index (κ2) is 7.83. The Morgan fingerprint density at radius 2 is 1.13 bits per heavy atom. The minimum Gasteiger partial charge on any atom is -0.437 e. The lowest BCUT2D eigenvalue weighted by molar-refractivity contribution is -0.134. The number of hydrogen-bond acceptors (Lipinski definition) is 3. The Morgan fingerprint density at radius 3 is 1.48 bits per heavy atom. The fourth-order valence-corrected chi connectivity index (χ4v) is 20.6. The van der Waals surface area contributed by atoms with Crippen LogP contribution < -0.4 is 0 Å². The molecule has 140 valence electrons. The van der Waals surface area contributed by atoms with Gasteiger partial charge in [0.15, 0.2) is 16.6 Å². The van der Waals surface area contributed by atoms with E-state index in [1.165, 1.54) is 0 Å². The molecule has 3 nitrogen and oxygen atoms in total. The number of hydrogen-bond donors (Lipinski definition) is 0. The Bertz CT molecular complexity index is 378. The van der Waals surface area contributed by atoms with E-state index in [1.54, 1.807) is 0 Å². The van der Waals surface area contributed by atoms with E-state index in [-0.39, 0.29) is 6.42 Å². The van der Waals surface area contributed by atoms with Crippen molar-refractivity contribution in [2.75, 3.05) is 0 Å². The molecule has 0 bridgehead atoms. The molecule has 0 aromatic rings. The second-order valence-electron chi connectivity index (χ2n) is 8.53. The maximum Gasteiger partial charge on any atom is 0.389 e. The van der Waals surface area contributed by atoms with Crippen LogP contribution in [0.25, 0.3) is 0 Å². The Morgan fingerprint density at radius 1 is 0.696 bits per heavy atom. The lowest BCUT2D eigenvalue weighted by atomic mass is 10.3. The molecular formula is C13H33F3O3Si4. The molecule has 0 saturated carbocycles. The highest BCUT2D eigenvalue weighted by molar-refractivity contribution is 6.89. The van der Waals surface area contributed by atoms with Crippen molar-refractivity contribution in [2.45, 2.75) is 84.0 Å². The van der Waals surface area contributed by atoms with Gasteiger partial charge in [0.2, 0.25) is 0 Å². The summed E-state index contributed by atoms with van der Waals surface area (Å²) < 4.78 is 56.1. The van der Waals surface area contributed by atoms with E-state index >= 15 is 0 Å². The van der Waals surface area contributed by atoms with Crippen LogP contribution in [0.4, 0.5) is 13.2 Å². The van der Waals surface area contributed by atoms with E-state index in [2.05, 4.69) is 19.6 Å². The summed E-state index contributed by atoms with van der Waals surface area (Å²) >= 11 is 0. The highest BCUT2D eigenvalue weighted by atomic mass is 28.5. The Hall–Kier alpha value is 0.538. The van der Waals surface area contributed by atoms with Crippen LogP contribution in [0.1, 0.15) is 12.8 Å². The van der Waals surface area contributed by atoms with Crippen LogP contribution in [-0.4, -0.2) is 39.9 Å². The molecule has 0 spiro atoms. The van der Waals surface area contributed by atoms with Gasteiger partial charge < -0.3 is 12.3 Å². The Kier molecular flexibility index (Phi) is 8.01. The molecular weight excluding hydrogens is 373 g/mol. The van der Waals surface area contributed by atoms with E-state index < -0.39 is 46.4 Å². The zero-order chi connectivity index (χ0) is 18.7. The zero-order valence-electron chi connectivity index (χ0n) is 16.0. The molecule has 1 unspecified atom stereocenters. The topological polar surface area (TPSA) is 27.7 Å². The average molecular weight is 407 g/mol. The van der Waals surface area contributed by atoms with Gasteiger partial charge in [-0.25, -0.2) is 0 Å². The fraction of sp³-hybridized carbons (Fsp3) is 1.00. The summed E-state index contributed by atoms with van der Waals surface area (Å²) in [5, 5.41) is 0. The number of rotatable bonds is 9. The number of halogens is 3. The summed E-state index contributed by atoms with van der Waals surface area (Å²) in [5.74, 6) is 0. The summed E-state index contributed by atoms with van der Waals surface area (Å²) in [6.45, 7) is 18.2. The lowest BCUT2D eigenvalue weighted by Gasteiger charge is -2.41. The smallest absolute Gasteiger partial charge is 0.389 e. The third-order valence-corrected chi connectivity index (χ3v) is 16.2. The van der Waals surface area contributed by atoms with Crippen LogP contribution in [0.15, 0.2) is 0 Å². The van der Waals surface area contributed by atoms with Crippen molar-refractivity contribution >= 4 is 33.8 Å². The molecule has 0 rings (SSSR count). The van der Waals surface area contributed by atoms with E-state index in [0.29, 0.717) is 6.04 Å². The van der Waals surface area contributed by atoms with Crippen molar-refractivity contribution in [3.63, 3.8) is 0 Å². The van der Waals surface area contributed by atoms with Crippen LogP contribution in [0.5, 0.6) is 0 Å². The van der Waals surface area contributed by atoms with Crippen molar-refractivity contribution in [1.29, 1.82) is 0 Å². The van der Waals surface area contributed by atoms with Gasteiger partial charge in [0.1, 0.15) is 0 Å². The highest BCUT2D eigenvalue weighted by Crippen LogP contribution is 2.30. The monoisotopic (exact) mass is 406 g/mol. The molecule has 0 saturated heterocycles. The first kappa shape index (κ1) is 23.5. The summed E-state index contributed by atoms with van der Waals surface area (Å²) in [7, 11) is -8.82. The van der Waals surface area contributed by atoms with Gasteiger partial charge in [0.05, 0.1) is 0 Å². The van der Waals surface area contributed by atoms with Crippen LogP contribution in [-0.2, 0) is 12.3 Å². The van der Waals surface area contributed by atoms with Crippen molar-refractivity contribution in [3.8, 4) is 0 Å². The molecule has 0 aliphatic heterocycles. The van der Waals surface area contributed by atoms with Gasteiger partial charge in [0.25, 0.3) is 0 Å². The number of alkyl halides is 3. The van der Waals surface area contributed by atoms with Gasteiger partial charge in [-0.3, -0.25) is 0 Å². The quantitative estimate of drug-likeness (QED) is 0.451. The lowest BCUT2D eigenvalue weighted by Crippen LogP contribution is -2.56. The van der Waals surface area contributed by atoms with Crippen molar-refractivity contribution < 1.29 is 25.5 Å². The normalized spacial score (nSPS) is 17.2. The van der Waals surface area contributed by atoms with Crippen molar-refractivity contribution in [3.05, 3.63) is 0 Å². The molecule has 0 amide bonds. The first-order chi connectivity index (χ1) is 9.83. The Balaban J connectivity index is 5.05. The first-order valence-electron chi connectivity index (χ1n) is 8.00. The van der Waals surface area contributed by atoms with E-state index in [4.69, 9.17) is 12.3 Å². The molecule has 0 fully saturated rings. The van der Waals surface area contributed by atoms with Crippen LogP contribution >= 0.6 is 0 Å². The van der Waals surface area contributed by atoms with Crippen molar-refractivity contribution in [2.24, 2.45) is 0 Å². The van der Waals surface area contributed by atoms with Crippen LogP contribution in [0, 0.1) is 0 Å². The minimum absolute atomic E-state index is 0.0497. The maximum absolute atomic E-state index is 12.5. The largest absolute Gasteiger partial charge is 0.437 e. The highest BCUT2D eigenvalue weighted by Gasteiger charge is 2.44. The molecule has 0 aromatic carbocycles. The third kappa shape index (κ3) is 13.5.